The molecule has 0 atom stereocenters. The molecule has 0 radical (unpaired) electrons. The third-order valence-electron chi connectivity index (χ3n) is 2.46. The van der Waals surface area contributed by atoms with Crippen molar-refractivity contribution in [1.29, 1.82) is 0 Å². The van der Waals surface area contributed by atoms with E-state index in [1.807, 2.05) is 36.5 Å². The van der Waals surface area contributed by atoms with E-state index in [1.165, 1.54) is 0 Å². The highest BCUT2D eigenvalue weighted by atomic mass is 14.8. The fourth-order valence-electron chi connectivity index (χ4n) is 1.68. The number of nitrogens with zero attached hydrogens (tertiary/aromatic N) is 3. The molecule has 0 aliphatic rings. The molecule has 0 bridgehead atoms. The van der Waals surface area contributed by atoms with Gasteiger partial charge < -0.3 is 0 Å². The Morgan fingerprint density at radius 3 is 2.44 bits per heavy atom. The van der Waals surface area contributed by atoms with Crippen molar-refractivity contribution in [3.05, 3.63) is 55.1 Å². The van der Waals surface area contributed by atoms with E-state index >= 15 is 0 Å². The second-order valence-corrected chi connectivity index (χ2v) is 3.50. The Balaban J connectivity index is 2.19. The number of rotatable bonds is 1. The van der Waals surface area contributed by atoms with Gasteiger partial charge in [-0.05, 0) is 23.8 Å². The number of pyridine rings is 1. The Hall–Kier alpha value is -2.29. The van der Waals surface area contributed by atoms with Crippen molar-refractivity contribution in [2.45, 2.75) is 0 Å². The van der Waals surface area contributed by atoms with Crippen LogP contribution in [-0.4, -0.2) is 15.0 Å². The average Bonchev–Trinajstić information content (AvgIpc) is 2.39. The molecular weight excluding hydrogens is 198 g/mol. The quantitative estimate of drug-likeness (QED) is 0.615. The van der Waals surface area contributed by atoms with E-state index in [0.717, 1.165) is 22.2 Å². The summed E-state index contributed by atoms with van der Waals surface area (Å²) < 4.78 is 0. The SMILES string of the molecule is c1cncc(-c2ccc3nccnc3c2)c1. The summed E-state index contributed by atoms with van der Waals surface area (Å²) in [5.41, 5.74) is 4.02. The first kappa shape index (κ1) is 8.97. The van der Waals surface area contributed by atoms with Gasteiger partial charge in [0.05, 0.1) is 11.0 Å². The van der Waals surface area contributed by atoms with Crippen LogP contribution >= 0.6 is 0 Å². The molecule has 2 aromatic heterocycles. The highest BCUT2D eigenvalue weighted by molar-refractivity contribution is 5.80. The van der Waals surface area contributed by atoms with Gasteiger partial charge in [-0.25, -0.2) is 0 Å². The zero-order valence-corrected chi connectivity index (χ0v) is 8.54. The van der Waals surface area contributed by atoms with Gasteiger partial charge >= 0.3 is 0 Å². The standard InChI is InChI=1S/C13H9N3/c1-2-11(9-14-5-1)10-3-4-12-13(8-10)16-7-6-15-12/h1-9H. The van der Waals surface area contributed by atoms with Crippen LogP contribution in [0.5, 0.6) is 0 Å². The van der Waals surface area contributed by atoms with E-state index in [9.17, 15) is 0 Å². The highest BCUT2D eigenvalue weighted by Gasteiger charge is 2.00. The van der Waals surface area contributed by atoms with Crippen molar-refractivity contribution in [3.63, 3.8) is 0 Å². The Bertz CT molecular complexity index is 620. The van der Waals surface area contributed by atoms with Crippen molar-refractivity contribution in [2.24, 2.45) is 0 Å². The van der Waals surface area contributed by atoms with Gasteiger partial charge in [-0.3, -0.25) is 15.0 Å². The maximum Gasteiger partial charge on any atom is 0.0892 e. The molecule has 0 saturated heterocycles. The summed E-state index contributed by atoms with van der Waals surface area (Å²) >= 11 is 0. The molecule has 0 aliphatic heterocycles. The lowest BCUT2D eigenvalue weighted by Crippen LogP contribution is -1.84. The third-order valence-corrected chi connectivity index (χ3v) is 2.46. The van der Waals surface area contributed by atoms with Crippen LogP contribution in [0, 0.1) is 0 Å². The summed E-state index contributed by atoms with van der Waals surface area (Å²) in [5, 5.41) is 0. The van der Waals surface area contributed by atoms with Crippen molar-refractivity contribution in [3.8, 4) is 11.1 Å². The molecule has 76 valence electrons. The molecular formula is C13H9N3. The van der Waals surface area contributed by atoms with Gasteiger partial charge in [0.15, 0.2) is 0 Å². The van der Waals surface area contributed by atoms with Crippen molar-refractivity contribution in [2.75, 3.05) is 0 Å². The summed E-state index contributed by atoms with van der Waals surface area (Å²) in [5.74, 6) is 0. The fraction of sp³-hybridized carbons (Fsp3) is 0. The van der Waals surface area contributed by atoms with E-state index in [-0.39, 0.29) is 0 Å². The highest BCUT2D eigenvalue weighted by Crippen LogP contribution is 2.21. The molecule has 0 amide bonds. The van der Waals surface area contributed by atoms with Crippen molar-refractivity contribution in [1.82, 2.24) is 15.0 Å². The molecule has 0 aliphatic carbocycles. The minimum Gasteiger partial charge on any atom is -0.264 e. The monoisotopic (exact) mass is 207 g/mol. The summed E-state index contributed by atoms with van der Waals surface area (Å²) in [6, 6.07) is 10.00. The van der Waals surface area contributed by atoms with E-state index in [0.29, 0.717) is 0 Å². The molecule has 0 fully saturated rings. The Labute approximate surface area is 92.8 Å². The lowest BCUT2D eigenvalue weighted by molar-refractivity contribution is 1.29. The van der Waals surface area contributed by atoms with Crippen LogP contribution in [-0.2, 0) is 0 Å². The molecule has 1 aromatic carbocycles. The van der Waals surface area contributed by atoms with Crippen molar-refractivity contribution >= 4 is 11.0 Å². The summed E-state index contributed by atoms with van der Waals surface area (Å²) in [4.78, 5) is 12.6. The van der Waals surface area contributed by atoms with Gasteiger partial charge in [0.2, 0.25) is 0 Å². The summed E-state index contributed by atoms with van der Waals surface area (Å²) in [6.45, 7) is 0. The van der Waals surface area contributed by atoms with Crippen LogP contribution in [0.25, 0.3) is 22.2 Å². The fourth-order valence-corrected chi connectivity index (χ4v) is 1.68. The molecule has 3 aromatic rings. The number of fused-ring (bicyclic) bond motifs is 1. The van der Waals surface area contributed by atoms with Crippen molar-refractivity contribution < 1.29 is 0 Å². The average molecular weight is 207 g/mol. The molecule has 3 heteroatoms. The lowest BCUT2D eigenvalue weighted by Gasteiger charge is -2.01. The predicted molar refractivity (Wildman–Crippen MR) is 62.8 cm³/mol. The molecule has 0 saturated carbocycles. The maximum absolute atomic E-state index is 4.28. The largest absolute Gasteiger partial charge is 0.264 e. The van der Waals surface area contributed by atoms with Crippen LogP contribution < -0.4 is 0 Å². The van der Waals surface area contributed by atoms with Gasteiger partial charge in [0.1, 0.15) is 0 Å². The smallest absolute Gasteiger partial charge is 0.0892 e. The molecule has 3 nitrogen and oxygen atoms in total. The van der Waals surface area contributed by atoms with E-state index in [4.69, 9.17) is 0 Å². The van der Waals surface area contributed by atoms with E-state index in [1.54, 1.807) is 18.6 Å². The van der Waals surface area contributed by atoms with Gasteiger partial charge in [0, 0.05) is 30.4 Å². The number of hydrogen-bond acceptors (Lipinski definition) is 3. The van der Waals surface area contributed by atoms with Gasteiger partial charge in [-0.1, -0.05) is 12.1 Å². The normalized spacial score (nSPS) is 10.5. The van der Waals surface area contributed by atoms with Crippen LogP contribution in [0.2, 0.25) is 0 Å². The Kier molecular flexibility index (Phi) is 2.07. The summed E-state index contributed by atoms with van der Waals surface area (Å²) in [6.07, 6.45) is 7.02. The number of hydrogen-bond donors (Lipinski definition) is 0. The van der Waals surface area contributed by atoms with Gasteiger partial charge in [-0.2, -0.15) is 0 Å². The molecule has 0 unspecified atom stereocenters. The van der Waals surface area contributed by atoms with Gasteiger partial charge in [-0.15, -0.1) is 0 Å². The second kappa shape index (κ2) is 3.70. The first-order chi connectivity index (χ1) is 7.93. The van der Waals surface area contributed by atoms with Crippen LogP contribution in [0.15, 0.2) is 55.1 Å². The lowest BCUT2D eigenvalue weighted by atomic mass is 10.1. The summed E-state index contributed by atoms with van der Waals surface area (Å²) in [7, 11) is 0. The minimum atomic E-state index is 0.906. The van der Waals surface area contributed by atoms with Crippen LogP contribution in [0.4, 0.5) is 0 Å². The third kappa shape index (κ3) is 1.52. The Morgan fingerprint density at radius 2 is 1.62 bits per heavy atom. The molecule has 0 N–H and O–H groups in total. The molecule has 16 heavy (non-hydrogen) atoms. The second-order valence-electron chi connectivity index (χ2n) is 3.50. The number of aromatic nitrogens is 3. The van der Waals surface area contributed by atoms with Crippen LogP contribution in [0.3, 0.4) is 0 Å². The minimum absolute atomic E-state index is 0.906. The zero-order chi connectivity index (χ0) is 10.8. The molecule has 0 spiro atoms. The van der Waals surface area contributed by atoms with E-state index < -0.39 is 0 Å². The molecule has 2 heterocycles. The Morgan fingerprint density at radius 1 is 0.750 bits per heavy atom. The topological polar surface area (TPSA) is 38.7 Å². The van der Waals surface area contributed by atoms with E-state index in [2.05, 4.69) is 15.0 Å². The van der Waals surface area contributed by atoms with Gasteiger partial charge in [0.25, 0.3) is 0 Å². The van der Waals surface area contributed by atoms with Crippen LogP contribution in [0.1, 0.15) is 0 Å². The maximum atomic E-state index is 4.28. The zero-order valence-electron chi connectivity index (χ0n) is 8.54. The first-order valence-corrected chi connectivity index (χ1v) is 5.05. The number of benzene rings is 1. The first-order valence-electron chi connectivity index (χ1n) is 5.05. The molecule has 3 rings (SSSR count). The predicted octanol–water partition coefficient (Wildman–Crippen LogP) is 2.69.